The molecule has 2 aromatic carbocycles. The topological polar surface area (TPSA) is 66.5 Å². The van der Waals surface area contributed by atoms with Crippen molar-refractivity contribution in [2.24, 2.45) is 0 Å². The molecule has 3 aromatic rings. The van der Waals surface area contributed by atoms with Crippen molar-refractivity contribution in [3.8, 4) is 17.2 Å². The first-order chi connectivity index (χ1) is 12.8. The molecule has 1 aliphatic rings. The van der Waals surface area contributed by atoms with Crippen LogP contribution in [-0.2, 0) is 6.42 Å². The Bertz CT molecular complexity index is 875. The Kier molecular flexibility index (Phi) is 4.97. The van der Waals surface area contributed by atoms with E-state index in [4.69, 9.17) is 9.47 Å². The van der Waals surface area contributed by atoms with Gasteiger partial charge in [-0.1, -0.05) is 18.2 Å². The lowest BCUT2D eigenvalue weighted by Crippen LogP contribution is -2.38. The third-order valence-corrected chi connectivity index (χ3v) is 4.74. The molecule has 4 rings (SSSR count). The molecule has 0 saturated heterocycles. The Labute approximate surface area is 152 Å². The van der Waals surface area contributed by atoms with Gasteiger partial charge in [0, 0.05) is 29.7 Å². The Hall–Kier alpha value is -2.66. The fourth-order valence-electron chi connectivity index (χ4n) is 3.37. The fourth-order valence-corrected chi connectivity index (χ4v) is 3.37. The molecule has 0 fully saturated rings. The number of para-hydroxylation sites is 1. The number of phenolic OH excluding ortho intramolecular Hbond substituents is 1. The number of hydrogen-bond donors (Lipinski definition) is 3. The standard InChI is InChI=1S/C21H24N2O3/c24-16-8-9-20-21(11-16)26-17(14-25-20)13-22-10-4-3-5-15-12-23-19-7-2-1-6-18(15)19/h1-2,6-9,11-12,17,22-24H,3-5,10,13-14H2. The van der Waals surface area contributed by atoms with Gasteiger partial charge in [-0.3, -0.25) is 0 Å². The number of unbranched alkanes of at least 4 members (excludes halogenated alkanes) is 1. The van der Waals surface area contributed by atoms with Crippen LogP contribution < -0.4 is 14.8 Å². The first kappa shape index (κ1) is 16.8. The van der Waals surface area contributed by atoms with E-state index in [1.807, 2.05) is 0 Å². The first-order valence-electron chi connectivity index (χ1n) is 9.18. The zero-order chi connectivity index (χ0) is 17.8. The molecule has 5 nitrogen and oxygen atoms in total. The summed E-state index contributed by atoms with van der Waals surface area (Å²) in [6.45, 7) is 2.22. The molecule has 136 valence electrons. The summed E-state index contributed by atoms with van der Waals surface area (Å²) in [6.07, 6.45) is 5.44. The van der Waals surface area contributed by atoms with E-state index in [2.05, 4.69) is 40.8 Å². The Morgan fingerprint density at radius 1 is 1.12 bits per heavy atom. The third kappa shape index (κ3) is 3.78. The van der Waals surface area contributed by atoms with Gasteiger partial charge in [-0.05, 0) is 49.6 Å². The van der Waals surface area contributed by atoms with Gasteiger partial charge in [0.25, 0.3) is 0 Å². The minimum Gasteiger partial charge on any atom is -0.508 e. The van der Waals surface area contributed by atoms with Crippen LogP contribution in [0, 0.1) is 0 Å². The van der Waals surface area contributed by atoms with Crippen LogP contribution >= 0.6 is 0 Å². The molecule has 2 heterocycles. The highest BCUT2D eigenvalue weighted by Gasteiger charge is 2.20. The normalized spacial score (nSPS) is 16.1. The van der Waals surface area contributed by atoms with Crippen LogP contribution in [0.1, 0.15) is 18.4 Å². The first-order valence-corrected chi connectivity index (χ1v) is 9.18. The average molecular weight is 352 g/mol. The van der Waals surface area contributed by atoms with Crippen LogP contribution in [0.3, 0.4) is 0 Å². The molecule has 0 bridgehead atoms. The zero-order valence-electron chi connectivity index (χ0n) is 14.7. The zero-order valence-corrected chi connectivity index (χ0v) is 14.7. The molecule has 0 saturated carbocycles. The van der Waals surface area contributed by atoms with Crippen molar-refractivity contribution in [2.45, 2.75) is 25.4 Å². The summed E-state index contributed by atoms with van der Waals surface area (Å²) in [4.78, 5) is 3.33. The third-order valence-electron chi connectivity index (χ3n) is 4.74. The summed E-state index contributed by atoms with van der Waals surface area (Å²) >= 11 is 0. The second kappa shape index (κ2) is 7.70. The van der Waals surface area contributed by atoms with Gasteiger partial charge in [0.05, 0.1) is 0 Å². The predicted octanol–water partition coefficient (Wildman–Crippen LogP) is 3.63. The van der Waals surface area contributed by atoms with Crippen molar-refractivity contribution < 1.29 is 14.6 Å². The van der Waals surface area contributed by atoms with Gasteiger partial charge in [0.2, 0.25) is 0 Å². The van der Waals surface area contributed by atoms with Gasteiger partial charge in [0.15, 0.2) is 11.5 Å². The maximum absolute atomic E-state index is 9.54. The summed E-state index contributed by atoms with van der Waals surface area (Å²) < 4.78 is 11.6. The van der Waals surface area contributed by atoms with E-state index in [9.17, 15) is 5.11 Å². The monoisotopic (exact) mass is 352 g/mol. The van der Waals surface area contributed by atoms with Crippen molar-refractivity contribution in [3.63, 3.8) is 0 Å². The minimum absolute atomic E-state index is 0.0297. The number of H-pyrrole nitrogens is 1. The number of hydrogen-bond acceptors (Lipinski definition) is 4. The number of rotatable bonds is 7. The number of fused-ring (bicyclic) bond motifs is 2. The number of aromatic amines is 1. The van der Waals surface area contributed by atoms with Gasteiger partial charge in [-0.25, -0.2) is 0 Å². The number of phenols is 1. The SMILES string of the molecule is Oc1ccc2c(c1)OC(CNCCCCc1c[nH]c3ccccc13)CO2. The lowest BCUT2D eigenvalue weighted by atomic mass is 10.1. The molecule has 0 spiro atoms. The Morgan fingerprint density at radius 3 is 3.00 bits per heavy atom. The van der Waals surface area contributed by atoms with E-state index in [-0.39, 0.29) is 11.9 Å². The van der Waals surface area contributed by atoms with Gasteiger partial charge in [-0.15, -0.1) is 0 Å². The summed E-state index contributed by atoms with van der Waals surface area (Å²) in [6, 6.07) is 13.4. The molecular formula is C21H24N2O3. The minimum atomic E-state index is -0.0297. The molecule has 26 heavy (non-hydrogen) atoms. The maximum Gasteiger partial charge on any atom is 0.165 e. The summed E-state index contributed by atoms with van der Waals surface area (Å²) in [5.41, 5.74) is 2.60. The van der Waals surface area contributed by atoms with Gasteiger partial charge < -0.3 is 24.9 Å². The Morgan fingerprint density at radius 2 is 2.04 bits per heavy atom. The number of aromatic nitrogens is 1. The quantitative estimate of drug-likeness (QED) is 0.568. The van der Waals surface area contributed by atoms with Crippen molar-refractivity contribution in [2.75, 3.05) is 19.7 Å². The van der Waals surface area contributed by atoms with E-state index >= 15 is 0 Å². The van der Waals surface area contributed by atoms with E-state index in [0.29, 0.717) is 18.1 Å². The van der Waals surface area contributed by atoms with E-state index in [1.165, 1.54) is 16.5 Å². The van der Waals surface area contributed by atoms with Crippen molar-refractivity contribution >= 4 is 10.9 Å². The van der Waals surface area contributed by atoms with E-state index in [1.54, 1.807) is 18.2 Å². The molecule has 1 unspecified atom stereocenters. The molecule has 1 aliphatic heterocycles. The summed E-state index contributed by atoms with van der Waals surface area (Å²) in [7, 11) is 0. The summed E-state index contributed by atoms with van der Waals surface area (Å²) in [5, 5.41) is 14.3. The predicted molar refractivity (Wildman–Crippen MR) is 102 cm³/mol. The summed E-state index contributed by atoms with van der Waals surface area (Å²) in [5.74, 6) is 1.50. The number of benzene rings is 2. The second-order valence-electron chi connectivity index (χ2n) is 6.70. The van der Waals surface area contributed by atoms with Crippen LogP contribution in [0.5, 0.6) is 17.2 Å². The van der Waals surface area contributed by atoms with Crippen molar-refractivity contribution in [1.29, 1.82) is 0 Å². The smallest absolute Gasteiger partial charge is 0.165 e. The lowest BCUT2D eigenvalue weighted by molar-refractivity contribution is 0.0901. The van der Waals surface area contributed by atoms with Crippen LogP contribution in [0.25, 0.3) is 10.9 Å². The van der Waals surface area contributed by atoms with Crippen LogP contribution in [-0.4, -0.2) is 35.9 Å². The highest BCUT2D eigenvalue weighted by molar-refractivity contribution is 5.82. The molecule has 0 radical (unpaired) electrons. The lowest BCUT2D eigenvalue weighted by Gasteiger charge is -2.26. The number of aromatic hydroxyl groups is 1. The largest absolute Gasteiger partial charge is 0.508 e. The van der Waals surface area contributed by atoms with Gasteiger partial charge in [0.1, 0.15) is 18.5 Å². The fraction of sp³-hybridized carbons (Fsp3) is 0.333. The van der Waals surface area contributed by atoms with Crippen LogP contribution in [0.2, 0.25) is 0 Å². The molecule has 1 aromatic heterocycles. The van der Waals surface area contributed by atoms with Crippen molar-refractivity contribution in [3.05, 3.63) is 54.2 Å². The van der Waals surface area contributed by atoms with Crippen LogP contribution in [0.15, 0.2) is 48.7 Å². The second-order valence-corrected chi connectivity index (χ2v) is 6.70. The van der Waals surface area contributed by atoms with E-state index in [0.717, 1.165) is 32.4 Å². The molecule has 0 amide bonds. The number of ether oxygens (including phenoxy) is 2. The molecule has 1 atom stereocenters. The molecule has 3 N–H and O–H groups in total. The highest BCUT2D eigenvalue weighted by Crippen LogP contribution is 2.34. The Balaban J connectivity index is 1.17. The maximum atomic E-state index is 9.54. The van der Waals surface area contributed by atoms with E-state index < -0.39 is 0 Å². The van der Waals surface area contributed by atoms with Crippen molar-refractivity contribution in [1.82, 2.24) is 10.3 Å². The van der Waals surface area contributed by atoms with Crippen LogP contribution in [0.4, 0.5) is 0 Å². The molecule has 5 heteroatoms. The molecule has 0 aliphatic carbocycles. The molecular weight excluding hydrogens is 328 g/mol. The average Bonchev–Trinajstić information content (AvgIpc) is 3.07. The van der Waals surface area contributed by atoms with Gasteiger partial charge >= 0.3 is 0 Å². The number of nitrogens with one attached hydrogen (secondary N) is 2. The highest BCUT2D eigenvalue weighted by atomic mass is 16.6. The number of aryl methyl sites for hydroxylation is 1. The van der Waals surface area contributed by atoms with Gasteiger partial charge in [-0.2, -0.15) is 0 Å².